The van der Waals surface area contributed by atoms with Gasteiger partial charge in [-0.15, -0.1) is 0 Å². The largest absolute Gasteiger partial charge is 0.371 e. The van der Waals surface area contributed by atoms with Crippen molar-refractivity contribution >= 4 is 46.0 Å². The minimum atomic E-state index is 0.665. The summed E-state index contributed by atoms with van der Waals surface area (Å²) < 4.78 is 2.44. The van der Waals surface area contributed by atoms with Gasteiger partial charge in [0.05, 0.1) is 21.5 Å². The molecule has 2 rings (SSSR count). The molecule has 0 heterocycles. The summed E-state index contributed by atoms with van der Waals surface area (Å²) >= 11 is 13.3. The number of anilines is 1. The molecule has 0 saturated heterocycles. The number of benzene rings is 1. The van der Waals surface area contributed by atoms with E-state index in [0.29, 0.717) is 10.1 Å². The Morgan fingerprint density at radius 3 is 1.94 bits per heavy atom. The quantitative estimate of drug-likeness (QED) is 0.188. The van der Waals surface area contributed by atoms with Crippen LogP contribution in [0, 0.1) is 0 Å². The summed E-state index contributed by atoms with van der Waals surface area (Å²) in [5.74, 6) is 0. The van der Waals surface area contributed by atoms with Gasteiger partial charge in [0.25, 0.3) is 0 Å². The van der Waals surface area contributed by atoms with E-state index >= 15 is 0 Å². The fraction of sp³-hybridized carbons (Fsp3) is 0.571. The number of halogens is 2. The van der Waals surface area contributed by atoms with Gasteiger partial charge in [0.15, 0.2) is 0 Å². The molecule has 0 bridgehead atoms. The predicted molar refractivity (Wildman–Crippen MR) is 148 cm³/mol. The molecule has 1 aromatic rings. The second-order valence-corrected chi connectivity index (χ2v) is 9.59. The summed E-state index contributed by atoms with van der Waals surface area (Å²) in [5, 5.41) is 1.33. The smallest absolute Gasteiger partial charge is 0.201 e. The summed E-state index contributed by atoms with van der Waals surface area (Å²) in [7, 11) is 0. The summed E-state index contributed by atoms with van der Waals surface area (Å²) in [5.41, 5.74) is 3.86. The van der Waals surface area contributed by atoms with E-state index in [9.17, 15) is 0 Å². The van der Waals surface area contributed by atoms with Crippen molar-refractivity contribution in [3.8, 4) is 0 Å². The van der Waals surface area contributed by atoms with Crippen molar-refractivity contribution in [2.45, 2.75) is 79.1 Å². The highest BCUT2D eigenvalue weighted by molar-refractivity contribution is 6.48. The first-order valence-electron chi connectivity index (χ1n) is 12.8. The molecule has 0 radical (unpaired) electrons. The van der Waals surface area contributed by atoms with Crippen LogP contribution in [0.25, 0.3) is 0 Å². The Labute approximate surface area is 211 Å². The molecule has 0 N–H and O–H groups in total. The van der Waals surface area contributed by atoms with Crippen molar-refractivity contribution in [3.05, 3.63) is 46.5 Å². The van der Waals surface area contributed by atoms with Crippen molar-refractivity contribution in [2.24, 2.45) is 4.99 Å². The van der Waals surface area contributed by atoms with E-state index in [1.165, 1.54) is 62.8 Å². The van der Waals surface area contributed by atoms with E-state index < -0.39 is 0 Å². The minimum Gasteiger partial charge on any atom is -0.371 e. The monoisotopic (exact) mass is 490 g/mol. The maximum Gasteiger partial charge on any atom is 0.201 e. The van der Waals surface area contributed by atoms with Crippen LogP contribution in [0.1, 0.15) is 79.1 Å². The highest BCUT2D eigenvalue weighted by atomic mass is 35.5. The molecular formula is C28H42Cl2N3+. The molecular weight excluding hydrogens is 449 g/mol. The number of unbranched alkanes of at least 4 members (excludes halogenated alkanes) is 4. The molecule has 5 heteroatoms. The minimum absolute atomic E-state index is 0.665. The number of nitrogens with zero attached hydrogens (tertiary/aromatic N) is 3. The third-order valence-electron chi connectivity index (χ3n) is 5.96. The lowest BCUT2D eigenvalue weighted by molar-refractivity contribution is -0.527. The lowest BCUT2D eigenvalue weighted by Gasteiger charge is -2.25. The number of rotatable bonds is 14. The average Bonchev–Trinajstić information content (AvgIpc) is 2.82. The van der Waals surface area contributed by atoms with E-state index in [4.69, 9.17) is 28.2 Å². The molecule has 3 nitrogen and oxygen atoms in total. The first-order chi connectivity index (χ1) is 16.0. The molecule has 0 amide bonds. The molecule has 1 aliphatic carbocycles. The van der Waals surface area contributed by atoms with E-state index in [1.54, 1.807) is 0 Å². The third kappa shape index (κ3) is 8.94. The first kappa shape index (κ1) is 27.7. The van der Waals surface area contributed by atoms with Crippen LogP contribution in [-0.4, -0.2) is 42.2 Å². The van der Waals surface area contributed by atoms with E-state index in [1.807, 2.05) is 24.3 Å². The molecule has 1 aliphatic rings. The van der Waals surface area contributed by atoms with Crippen LogP contribution in [0.4, 0.5) is 11.4 Å². The molecule has 1 aromatic carbocycles. The first-order valence-corrected chi connectivity index (χ1v) is 13.6. The molecule has 0 aromatic heterocycles. The zero-order valence-electron chi connectivity index (χ0n) is 21.0. The van der Waals surface area contributed by atoms with Gasteiger partial charge >= 0.3 is 0 Å². The fourth-order valence-electron chi connectivity index (χ4n) is 3.83. The van der Waals surface area contributed by atoms with Gasteiger partial charge < -0.3 is 4.90 Å². The number of hydrogen-bond donors (Lipinski definition) is 0. The molecule has 33 heavy (non-hydrogen) atoms. The third-order valence-corrected chi connectivity index (χ3v) is 6.57. The maximum absolute atomic E-state index is 6.67. The molecule has 0 saturated carbocycles. The van der Waals surface area contributed by atoms with Crippen molar-refractivity contribution in [1.82, 2.24) is 0 Å². The van der Waals surface area contributed by atoms with Gasteiger partial charge in [-0.3, -0.25) is 0 Å². The Bertz CT molecular complexity index is 850. The van der Waals surface area contributed by atoms with Crippen LogP contribution in [0.2, 0.25) is 5.02 Å². The van der Waals surface area contributed by atoms with Crippen molar-refractivity contribution in [2.75, 3.05) is 31.1 Å². The van der Waals surface area contributed by atoms with Gasteiger partial charge in [0.2, 0.25) is 5.71 Å². The van der Waals surface area contributed by atoms with E-state index in [2.05, 4.69) is 49.3 Å². The van der Waals surface area contributed by atoms with Crippen molar-refractivity contribution in [3.63, 3.8) is 0 Å². The van der Waals surface area contributed by atoms with Crippen LogP contribution in [0.15, 0.2) is 46.5 Å². The zero-order chi connectivity index (χ0) is 24.1. The number of hydrogen-bond acceptors (Lipinski definition) is 2. The average molecular weight is 492 g/mol. The summed E-state index contributed by atoms with van der Waals surface area (Å²) in [6.07, 6.45) is 15.7. The Morgan fingerprint density at radius 2 is 1.42 bits per heavy atom. The summed E-state index contributed by atoms with van der Waals surface area (Å²) in [6, 6.07) is 6.20. The van der Waals surface area contributed by atoms with Gasteiger partial charge in [-0.25, -0.2) is 9.57 Å². The van der Waals surface area contributed by atoms with Crippen molar-refractivity contribution in [1.29, 1.82) is 0 Å². The van der Waals surface area contributed by atoms with Crippen LogP contribution in [0.5, 0.6) is 0 Å². The topological polar surface area (TPSA) is 18.6 Å². The van der Waals surface area contributed by atoms with Crippen LogP contribution in [0.3, 0.4) is 0 Å². The van der Waals surface area contributed by atoms with Crippen LogP contribution >= 0.6 is 23.2 Å². The van der Waals surface area contributed by atoms with Gasteiger partial charge in [-0.1, -0.05) is 76.6 Å². The van der Waals surface area contributed by atoms with E-state index in [0.717, 1.165) is 37.6 Å². The van der Waals surface area contributed by atoms with Gasteiger partial charge in [0, 0.05) is 43.8 Å². The van der Waals surface area contributed by atoms with Crippen LogP contribution in [-0.2, 0) is 0 Å². The lowest BCUT2D eigenvalue weighted by atomic mass is 10.1. The molecule has 0 spiro atoms. The molecule has 0 aliphatic heterocycles. The van der Waals surface area contributed by atoms with Gasteiger partial charge in [-0.05, 0) is 37.1 Å². The Balaban J connectivity index is 2.24. The fourth-order valence-corrected chi connectivity index (χ4v) is 4.27. The normalized spacial score (nSPS) is 14.7. The maximum atomic E-state index is 6.67. The Morgan fingerprint density at radius 1 is 0.818 bits per heavy atom. The lowest BCUT2D eigenvalue weighted by Crippen LogP contribution is -2.25. The van der Waals surface area contributed by atoms with E-state index in [-0.39, 0.29) is 0 Å². The standard InChI is InChI=1S/C28H42Cl2N3/c1-5-9-17-32(18-10-6-2)23-13-15-27(25(29)21-23)31-28-16-14-24(22-26(28)30)33(19-11-7-3)20-12-8-4/h13-16,21-22H,5-12,17-20H2,1-4H3/q+1. The highest BCUT2D eigenvalue weighted by Gasteiger charge is 2.17. The number of aliphatic imine (C=N–C) groups is 1. The second kappa shape index (κ2) is 15.3. The zero-order valence-corrected chi connectivity index (χ0v) is 22.6. The Kier molecular flexibility index (Phi) is 12.9. The van der Waals surface area contributed by atoms with Gasteiger partial charge in [-0.2, -0.15) is 0 Å². The summed E-state index contributed by atoms with van der Waals surface area (Å²) in [4.78, 5) is 7.22. The second-order valence-electron chi connectivity index (χ2n) is 8.77. The predicted octanol–water partition coefficient (Wildman–Crippen LogP) is 8.57. The Hall–Kier alpha value is -1.58. The molecule has 0 unspecified atom stereocenters. The van der Waals surface area contributed by atoms with Gasteiger partial charge in [0.1, 0.15) is 13.1 Å². The van der Waals surface area contributed by atoms with Crippen molar-refractivity contribution < 1.29 is 4.58 Å². The summed E-state index contributed by atoms with van der Waals surface area (Å²) in [6.45, 7) is 13.2. The molecule has 182 valence electrons. The SMILES string of the molecule is CCCCN(CCCC)c1ccc(N=C2C=CC(=[N+](CCCC)CCCC)C=C2Cl)c(Cl)c1. The molecule has 0 atom stereocenters. The van der Waals surface area contributed by atoms with Crippen LogP contribution < -0.4 is 4.90 Å². The highest BCUT2D eigenvalue weighted by Crippen LogP contribution is 2.31. The number of allylic oxidation sites excluding steroid dienone is 4. The molecule has 0 fully saturated rings.